The van der Waals surface area contributed by atoms with E-state index in [0.717, 1.165) is 23.8 Å². The molecule has 2 heterocycles. The number of furan rings is 1. The summed E-state index contributed by atoms with van der Waals surface area (Å²) >= 11 is 0. The molecule has 2 aromatic rings. The van der Waals surface area contributed by atoms with Crippen LogP contribution in [0.2, 0.25) is 0 Å². The van der Waals surface area contributed by atoms with E-state index in [1.54, 1.807) is 13.3 Å². The van der Waals surface area contributed by atoms with Crippen LogP contribution in [0.15, 0.2) is 27.8 Å². The topological polar surface area (TPSA) is 67.4 Å². The molecule has 1 unspecified atom stereocenters. The summed E-state index contributed by atoms with van der Waals surface area (Å²) in [5.74, 6) is 1.65. The normalized spacial score (nSPS) is 12.7. The average molecular weight is 431 g/mol. The molecule has 0 spiro atoms. The lowest BCUT2D eigenvalue weighted by Crippen LogP contribution is -2.42. The second-order valence-electron chi connectivity index (χ2n) is 5.53. The van der Waals surface area contributed by atoms with Crippen LogP contribution < -0.4 is 10.6 Å². The van der Waals surface area contributed by atoms with Crippen molar-refractivity contribution in [3.05, 3.63) is 41.1 Å². The van der Waals surface area contributed by atoms with Crippen LogP contribution in [0.5, 0.6) is 0 Å². The molecular weight excluding hydrogens is 405 g/mol. The first-order valence-corrected chi connectivity index (χ1v) is 7.50. The van der Waals surface area contributed by atoms with Crippen molar-refractivity contribution in [3.8, 4) is 0 Å². The standard InChI is InChI=1S/C16H25N5O.HI/c1-11(9-15-12(2)20-21(5)13(15)3)19-16(17-4)18-10-14-7-6-8-22-14;/h6-8,11H,9-10H2,1-5H3,(H2,17,18,19);1H. The van der Waals surface area contributed by atoms with Crippen molar-refractivity contribution < 1.29 is 4.42 Å². The third kappa shape index (κ3) is 5.26. The molecule has 128 valence electrons. The maximum absolute atomic E-state index is 5.31. The van der Waals surface area contributed by atoms with Crippen LogP contribution in [0.4, 0.5) is 0 Å². The fraction of sp³-hybridized carbons (Fsp3) is 0.500. The minimum Gasteiger partial charge on any atom is -0.467 e. The minimum atomic E-state index is 0. The molecule has 0 aromatic carbocycles. The zero-order valence-electron chi connectivity index (χ0n) is 14.4. The number of nitrogens with zero attached hydrogens (tertiary/aromatic N) is 3. The predicted octanol–water partition coefficient (Wildman–Crippen LogP) is 2.54. The minimum absolute atomic E-state index is 0. The number of nitrogens with one attached hydrogen (secondary N) is 2. The Hall–Kier alpha value is -1.51. The van der Waals surface area contributed by atoms with E-state index >= 15 is 0 Å². The summed E-state index contributed by atoms with van der Waals surface area (Å²) in [6.07, 6.45) is 2.58. The molecule has 2 aromatic heterocycles. The first-order chi connectivity index (χ1) is 10.5. The van der Waals surface area contributed by atoms with Crippen molar-refractivity contribution in [2.45, 2.75) is 39.8 Å². The fourth-order valence-electron chi connectivity index (χ4n) is 2.48. The fourth-order valence-corrected chi connectivity index (χ4v) is 2.48. The Balaban J connectivity index is 0.00000264. The highest BCUT2D eigenvalue weighted by atomic mass is 127. The number of aromatic nitrogens is 2. The van der Waals surface area contributed by atoms with Gasteiger partial charge in [-0.2, -0.15) is 5.10 Å². The Morgan fingerprint density at radius 1 is 1.43 bits per heavy atom. The Bertz CT molecular complexity index is 633. The number of hydrogen-bond acceptors (Lipinski definition) is 3. The highest BCUT2D eigenvalue weighted by Crippen LogP contribution is 2.14. The van der Waals surface area contributed by atoms with E-state index in [2.05, 4.69) is 41.5 Å². The number of aliphatic imine (C=N–C) groups is 1. The lowest BCUT2D eigenvalue weighted by Gasteiger charge is -2.18. The van der Waals surface area contributed by atoms with Crippen LogP contribution in [0.25, 0.3) is 0 Å². The lowest BCUT2D eigenvalue weighted by molar-refractivity contribution is 0.500. The van der Waals surface area contributed by atoms with Crippen molar-refractivity contribution in [1.82, 2.24) is 20.4 Å². The number of hydrogen-bond donors (Lipinski definition) is 2. The molecule has 2 N–H and O–H groups in total. The Morgan fingerprint density at radius 2 is 2.17 bits per heavy atom. The summed E-state index contributed by atoms with van der Waals surface area (Å²) in [5.41, 5.74) is 3.60. The Morgan fingerprint density at radius 3 is 2.70 bits per heavy atom. The molecule has 0 radical (unpaired) electrons. The molecule has 0 aliphatic heterocycles. The largest absolute Gasteiger partial charge is 0.467 e. The van der Waals surface area contributed by atoms with Gasteiger partial charge >= 0.3 is 0 Å². The average Bonchev–Trinajstić information content (AvgIpc) is 3.08. The number of guanidine groups is 1. The Labute approximate surface area is 154 Å². The third-order valence-electron chi connectivity index (χ3n) is 3.79. The van der Waals surface area contributed by atoms with Crippen LogP contribution in [-0.2, 0) is 20.0 Å². The van der Waals surface area contributed by atoms with Gasteiger partial charge < -0.3 is 15.1 Å². The molecule has 6 nitrogen and oxygen atoms in total. The summed E-state index contributed by atoms with van der Waals surface area (Å²) in [4.78, 5) is 4.25. The molecule has 0 saturated heterocycles. The van der Waals surface area contributed by atoms with Crippen molar-refractivity contribution in [3.63, 3.8) is 0 Å². The quantitative estimate of drug-likeness (QED) is 0.434. The molecule has 0 amide bonds. The van der Waals surface area contributed by atoms with Gasteiger partial charge in [-0.25, -0.2) is 0 Å². The van der Waals surface area contributed by atoms with Gasteiger partial charge in [0.25, 0.3) is 0 Å². The van der Waals surface area contributed by atoms with Crippen molar-refractivity contribution in [1.29, 1.82) is 0 Å². The maximum atomic E-state index is 5.31. The molecule has 2 rings (SSSR count). The van der Waals surface area contributed by atoms with E-state index in [0.29, 0.717) is 6.54 Å². The van der Waals surface area contributed by atoms with Crippen LogP contribution in [0.3, 0.4) is 0 Å². The number of rotatable bonds is 5. The Kier molecular flexibility index (Phi) is 7.60. The van der Waals surface area contributed by atoms with Gasteiger partial charge in [-0.15, -0.1) is 24.0 Å². The number of halogens is 1. The van der Waals surface area contributed by atoms with E-state index in [1.165, 1.54) is 11.3 Å². The zero-order chi connectivity index (χ0) is 16.1. The van der Waals surface area contributed by atoms with Gasteiger partial charge in [0, 0.05) is 25.8 Å². The predicted molar refractivity (Wildman–Crippen MR) is 103 cm³/mol. The van der Waals surface area contributed by atoms with E-state index in [4.69, 9.17) is 4.42 Å². The molecule has 0 bridgehead atoms. The summed E-state index contributed by atoms with van der Waals surface area (Å²) < 4.78 is 7.24. The van der Waals surface area contributed by atoms with E-state index in [-0.39, 0.29) is 30.0 Å². The van der Waals surface area contributed by atoms with Crippen molar-refractivity contribution in [2.24, 2.45) is 12.0 Å². The molecule has 0 aliphatic rings. The highest BCUT2D eigenvalue weighted by Gasteiger charge is 2.14. The maximum Gasteiger partial charge on any atom is 0.191 e. The van der Waals surface area contributed by atoms with Gasteiger partial charge in [0.05, 0.1) is 18.5 Å². The second kappa shape index (κ2) is 8.95. The van der Waals surface area contributed by atoms with Gasteiger partial charge in [-0.1, -0.05) is 0 Å². The summed E-state index contributed by atoms with van der Waals surface area (Å²) in [6, 6.07) is 4.07. The van der Waals surface area contributed by atoms with E-state index in [1.807, 2.05) is 23.9 Å². The summed E-state index contributed by atoms with van der Waals surface area (Å²) in [6.45, 7) is 6.92. The van der Waals surface area contributed by atoms with Gasteiger partial charge in [-0.05, 0) is 44.9 Å². The molecule has 0 fully saturated rings. The second-order valence-corrected chi connectivity index (χ2v) is 5.53. The van der Waals surface area contributed by atoms with Crippen molar-refractivity contribution in [2.75, 3.05) is 7.05 Å². The van der Waals surface area contributed by atoms with Crippen LogP contribution >= 0.6 is 24.0 Å². The third-order valence-corrected chi connectivity index (χ3v) is 3.79. The molecule has 1 atom stereocenters. The highest BCUT2D eigenvalue weighted by molar-refractivity contribution is 14.0. The van der Waals surface area contributed by atoms with E-state index in [9.17, 15) is 0 Å². The van der Waals surface area contributed by atoms with E-state index < -0.39 is 0 Å². The molecule has 0 saturated carbocycles. The smallest absolute Gasteiger partial charge is 0.191 e. The molecule has 23 heavy (non-hydrogen) atoms. The molecule has 7 heteroatoms. The van der Waals surface area contributed by atoms with Crippen LogP contribution in [0.1, 0.15) is 29.6 Å². The van der Waals surface area contributed by atoms with Crippen LogP contribution in [0, 0.1) is 13.8 Å². The SMILES string of the molecule is CN=C(NCc1ccco1)NC(C)Cc1c(C)nn(C)c1C.I. The summed E-state index contributed by atoms with van der Waals surface area (Å²) in [7, 11) is 3.75. The zero-order valence-corrected chi connectivity index (χ0v) is 16.7. The van der Waals surface area contributed by atoms with Gasteiger partial charge in [-0.3, -0.25) is 9.67 Å². The van der Waals surface area contributed by atoms with Gasteiger partial charge in [0.15, 0.2) is 5.96 Å². The van der Waals surface area contributed by atoms with Crippen LogP contribution in [-0.4, -0.2) is 28.8 Å². The lowest BCUT2D eigenvalue weighted by atomic mass is 10.1. The van der Waals surface area contributed by atoms with Crippen molar-refractivity contribution >= 4 is 29.9 Å². The number of aryl methyl sites for hydroxylation is 2. The van der Waals surface area contributed by atoms with Gasteiger partial charge in [0.1, 0.15) is 5.76 Å². The monoisotopic (exact) mass is 431 g/mol. The first kappa shape index (κ1) is 19.5. The van der Waals surface area contributed by atoms with Gasteiger partial charge in [0.2, 0.25) is 0 Å². The summed E-state index contributed by atoms with van der Waals surface area (Å²) in [5, 5.41) is 11.1. The molecular formula is C16H26IN5O. The molecule has 0 aliphatic carbocycles. The first-order valence-electron chi connectivity index (χ1n) is 7.50.